The minimum Gasteiger partial charge on any atom is -0.345 e. The van der Waals surface area contributed by atoms with Crippen LogP contribution in [-0.2, 0) is 10.0 Å². The van der Waals surface area contributed by atoms with Crippen LogP contribution < -0.4 is 10.0 Å². The zero-order valence-electron chi connectivity index (χ0n) is 14.3. The van der Waals surface area contributed by atoms with Gasteiger partial charge in [-0.05, 0) is 62.6 Å². The maximum absolute atomic E-state index is 12.6. The minimum absolute atomic E-state index is 0.00572. The molecule has 25 heavy (non-hydrogen) atoms. The standard InChI is InChI=1S/C19H22N2O3S/c1-13-3-5-14(6-4-13)18(15-7-8-15)21-19(22)16-9-11-17(12-10-16)25(23,24)20-2/h3-6,9-12,15,18,20H,7-8H2,1-2H3,(H,21,22). The number of carbonyl (C=O) groups is 1. The van der Waals surface area contributed by atoms with E-state index in [0.29, 0.717) is 11.5 Å². The fourth-order valence-corrected chi connectivity index (χ4v) is 3.53. The van der Waals surface area contributed by atoms with Gasteiger partial charge in [-0.3, -0.25) is 4.79 Å². The van der Waals surface area contributed by atoms with E-state index >= 15 is 0 Å². The molecule has 132 valence electrons. The maximum Gasteiger partial charge on any atom is 0.251 e. The molecule has 0 spiro atoms. The summed E-state index contributed by atoms with van der Waals surface area (Å²) in [5.74, 6) is 0.279. The molecular formula is C19H22N2O3S. The van der Waals surface area contributed by atoms with Crippen LogP contribution in [0.25, 0.3) is 0 Å². The number of benzene rings is 2. The molecule has 2 aromatic rings. The summed E-state index contributed by atoms with van der Waals surface area (Å²) >= 11 is 0. The number of carbonyl (C=O) groups excluding carboxylic acids is 1. The van der Waals surface area contributed by atoms with Gasteiger partial charge in [-0.15, -0.1) is 0 Å². The lowest BCUT2D eigenvalue weighted by atomic mass is 10.0. The van der Waals surface area contributed by atoms with Crippen LogP contribution in [0.4, 0.5) is 0 Å². The Morgan fingerprint density at radius 2 is 1.64 bits per heavy atom. The monoisotopic (exact) mass is 358 g/mol. The van der Waals surface area contributed by atoms with Gasteiger partial charge in [-0.25, -0.2) is 13.1 Å². The third-order valence-electron chi connectivity index (χ3n) is 4.51. The van der Waals surface area contributed by atoms with Crippen molar-refractivity contribution in [3.05, 3.63) is 65.2 Å². The SMILES string of the molecule is CNS(=O)(=O)c1ccc(C(=O)NC(c2ccc(C)cc2)C2CC2)cc1. The van der Waals surface area contributed by atoms with Crippen LogP contribution in [0.2, 0.25) is 0 Å². The largest absolute Gasteiger partial charge is 0.345 e. The fourth-order valence-electron chi connectivity index (χ4n) is 2.80. The lowest BCUT2D eigenvalue weighted by Gasteiger charge is -2.19. The summed E-state index contributed by atoms with van der Waals surface area (Å²) in [7, 11) is -2.14. The van der Waals surface area contributed by atoms with E-state index in [-0.39, 0.29) is 16.8 Å². The molecule has 0 radical (unpaired) electrons. The summed E-state index contributed by atoms with van der Waals surface area (Å²) in [6, 6.07) is 14.2. The number of nitrogens with one attached hydrogen (secondary N) is 2. The van der Waals surface area contributed by atoms with Crippen molar-refractivity contribution in [2.75, 3.05) is 7.05 Å². The van der Waals surface area contributed by atoms with Gasteiger partial charge in [0.2, 0.25) is 10.0 Å². The Kier molecular flexibility index (Phi) is 4.92. The Labute approximate surface area is 148 Å². The van der Waals surface area contributed by atoms with Crippen molar-refractivity contribution in [1.29, 1.82) is 0 Å². The average Bonchev–Trinajstić information content (AvgIpc) is 3.45. The van der Waals surface area contributed by atoms with Gasteiger partial charge in [0.05, 0.1) is 10.9 Å². The molecule has 1 saturated carbocycles. The van der Waals surface area contributed by atoms with Gasteiger partial charge in [0.25, 0.3) is 5.91 Å². The third-order valence-corrected chi connectivity index (χ3v) is 5.94. The van der Waals surface area contributed by atoms with Gasteiger partial charge in [0, 0.05) is 5.56 Å². The van der Waals surface area contributed by atoms with Gasteiger partial charge >= 0.3 is 0 Å². The van der Waals surface area contributed by atoms with E-state index in [1.165, 1.54) is 24.7 Å². The first-order chi connectivity index (χ1) is 11.9. The van der Waals surface area contributed by atoms with E-state index in [9.17, 15) is 13.2 Å². The summed E-state index contributed by atoms with van der Waals surface area (Å²) in [5.41, 5.74) is 2.75. The molecule has 1 fully saturated rings. The molecule has 1 atom stereocenters. The van der Waals surface area contributed by atoms with Crippen molar-refractivity contribution in [2.45, 2.75) is 30.7 Å². The smallest absolute Gasteiger partial charge is 0.251 e. The number of amides is 1. The van der Waals surface area contributed by atoms with E-state index in [1.54, 1.807) is 12.1 Å². The summed E-state index contributed by atoms with van der Waals surface area (Å²) < 4.78 is 25.8. The molecule has 2 N–H and O–H groups in total. The molecule has 6 heteroatoms. The number of rotatable bonds is 6. The molecule has 1 aliphatic rings. The Morgan fingerprint density at radius 1 is 1.04 bits per heavy atom. The van der Waals surface area contributed by atoms with Gasteiger partial charge in [0.15, 0.2) is 0 Å². The molecular weight excluding hydrogens is 336 g/mol. The highest BCUT2D eigenvalue weighted by molar-refractivity contribution is 7.89. The summed E-state index contributed by atoms with van der Waals surface area (Å²) in [6.45, 7) is 2.04. The molecule has 1 amide bonds. The molecule has 0 heterocycles. The van der Waals surface area contributed by atoms with Gasteiger partial charge in [0.1, 0.15) is 0 Å². The second kappa shape index (κ2) is 6.98. The normalized spacial score (nSPS) is 15.6. The van der Waals surface area contributed by atoms with E-state index in [0.717, 1.165) is 18.4 Å². The highest BCUT2D eigenvalue weighted by atomic mass is 32.2. The van der Waals surface area contributed by atoms with Crippen LogP contribution in [0, 0.1) is 12.8 Å². The van der Waals surface area contributed by atoms with Crippen LogP contribution in [0.3, 0.4) is 0 Å². The van der Waals surface area contributed by atoms with Crippen LogP contribution in [0.15, 0.2) is 53.4 Å². The molecule has 1 unspecified atom stereocenters. The van der Waals surface area contributed by atoms with Crippen molar-refractivity contribution < 1.29 is 13.2 Å². The Morgan fingerprint density at radius 3 is 2.16 bits per heavy atom. The van der Waals surface area contributed by atoms with E-state index in [2.05, 4.69) is 22.2 Å². The van der Waals surface area contributed by atoms with Crippen molar-refractivity contribution in [3.63, 3.8) is 0 Å². The first kappa shape index (κ1) is 17.6. The summed E-state index contributed by atoms with van der Waals surface area (Å²) in [5, 5.41) is 3.10. The van der Waals surface area contributed by atoms with Crippen LogP contribution in [0.5, 0.6) is 0 Å². The summed E-state index contributed by atoms with van der Waals surface area (Å²) in [4.78, 5) is 12.7. The second-order valence-electron chi connectivity index (χ2n) is 6.43. The quantitative estimate of drug-likeness (QED) is 0.834. The highest BCUT2D eigenvalue weighted by Crippen LogP contribution is 2.41. The first-order valence-corrected chi connectivity index (χ1v) is 9.80. The van der Waals surface area contributed by atoms with Gasteiger partial charge < -0.3 is 5.32 Å². The maximum atomic E-state index is 12.6. The Balaban J connectivity index is 1.77. The average molecular weight is 358 g/mol. The highest BCUT2D eigenvalue weighted by Gasteiger charge is 2.33. The zero-order chi connectivity index (χ0) is 18.0. The molecule has 0 aliphatic heterocycles. The number of hydrogen-bond acceptors (Lipinski definition) is 3. The number of hydrogen-bond donors (Lipinski definition) is 2. The van der Waals surface area contributed by atoms with E-state index in [4.69, 9.17) is 0 Å². The molecule has 3 rings (SSSR count). The van der Waals surface area contributed by atoms with Crippen molar-refractivity contribution in [3.8, 4) is 0 Å². The second-order valence-corrected chi connectivity index (χ2v) is 8.32. The lowest BCUT2D eigenvalue weighted by molar-refractivity contribution is 0.0931. The van der Waals surface area contributed by atoms with Gasteiger partial charge in [-0.1, -0.05) is 29.8 Å². The first-order valence-electron chi connectivity index (χ1n) is 8.32. The van der Waals surface area contributed by atoms with Crippen LogP contribution >= 0.6 is 0 Å². The zero-order valence-corrected chi connectivity index (χ0v) is 15.1. The fraction of sp³-hybridized carbons (Fsp3) is 0.316. The number of aryl methyl sites for hydroxylation is 1. The molecule has 1 aliphatic carbocycles. The minimum atomic E-state index is -3.50. The Bertz CT molecular complexity index is 855. The Hall–Kier alpha value is -2.18. The lowest BCUT2D eigenvalue weighted by Crippen LogP contribution is -2.30. The predicted molar refractivity (Wildman–Crippen MR) is 96.8 cm³/mol. The molecule has 5 nitrogen and oxygen atoms in total. The molecule has 2 aromatic carbocycles. The van der Waals surface area contributed by atoms with Crippen molar-refractivity contribution in [1.82, 2.24) is 10.0 Å². The van der Waals surface area contributed by atoms with Crippen LogP contribution in [-0.4, -0.2) is 21.4 Å². The molecule has 0 aromatic heterocycles. The van der Waals surface area contributed by atoms with E-state index < -0.39 is 10.0 Å². The number of sulfonamides is 1. The topological polar surface area (TPSA) is 75.3 Å². The third kappa shape index (κ3) is 4.08. The van der Waals surface area contributed by atoms with E-state index in [1.807, 2.05) is 19.1 Å². The van der Waals surface area contributed by atoms with Crippen molar-refractivity contribution in [2.24, 2.45) is 5.92 Å². The van der Waals surface area contributed by atoms with Crippen molar-refractivity contribution >= 4 is 15.9 Å². The van der Waals surface area contributed by atoms with Gasteiger partial charge in [-0.2, -0.15) is 0 Å². The predicted octanol–water partition coefficient (Wildman–Crippen LogP) is 2.78. The molecule has 0 saturated heterocycles. The molecule has 0 bridgehead atoms. The van der Waals surface area contributed by atoms with Crippen LogP contribution in [0.1, 0.15) is 40.4 Å². The summed E-state index contributed by atoms with van der Waals surface area (Å²) in [6.07, 6.45) is 2.22.